The summed E-state index contributed by atoms with van der Waals surface area (Å²) in [5, 5.41) is 8.91. The maximum Gasteiger partial charge on any atom is 0.0737 e. The predicted molar refractivity (Wildman–Crippen MR) is 96.8 cm³/mol. The molecule has 0 amide bonds. The monoisotopic (exact) mass is 319 g/mol. The molecule has 0 radical (unpaired) electrons. The highest BCUT2D eigenvalue weighted by atomic mass is 35.5. The van der Waals surface area contributed by atoms with Crippen molar-refractivity contribution in [1.29, 1.82) is 0 Å². The number of hydrogen-bond donors (Lipinski definition) is 2. The molecular weight excluding hydrogens is 294 g/mol. The van der Waals surface area contributed by atoms with E-state index < -0.39 is 0 Å². The fourth-order valence-electron chi connectivity index (χ4n) is 2.55. The average molecular weight is 320 g/mol. The first-order valence-corrected chi connectivity index (χ1v) is 8.48. The Balaban J connectivity index is 1.88. The van der Waals surface area contributed by atoms with Crippen LogP contribution in [-0.2, 0) is 0 Å². The molecule has 1 heterocycles. The number of halogens is 1. The minimum Gasteiger partial charge on any atom is -0.382 e. The van der Waals surface area contributed by atoms with Crippen LogP contribution in [0.2, 0.25) is 5.02 Å². The molecule has 1 aromatic heterocycles. The van der Waals surface area contributed by atoms with Gasteiger partial charge in [-0.15, -0.1) is 0 Å². The van der Waals surface area contributed by atoms with E-state index in [0.717, 1.165) is 34.6 Å². The highest BCUT2D eigenvalue weighted by Gasteiger charge is 2.06. The molecule has 0 saturated heterocycles. The Hall–Kier alpha value is -1.32. The second-order valence-corrected chi connectivity index (χ2v) is 6.61. The summed E-state index contributed by atoms with van der Waals surface area (Å²) < 4.78 is 0. The standard InChI is InChI=1S/C18H26ClN3/c1-13(2)20-10-5-4-6-14(3)22-17-9-11-21-18-12-15(19)7-8-16(17)18/h7-9,11-14,20H,4-6,10H2,1-3H3,(H,21,22)/t14-/m0/s1. The third-order valence-corrected chi connectivity index (χ3v) is 3.96. The normalized spacial score (nSPS) is 12.8. The van der Waals surface area contributed by atoms with Crippen LogP contribution >= 0.6 is 11.6 Å². The number of rotatable bonds is 8. The Morgan fingerprint density at radius 2 is 1.95 bits per heavy atom. The third-order valence-electron chi connectivity index (χ3n) is 3.72. The van der Waals surface area contributed by atoms with Gasteiger partial charge < -0.3 is 10.6 Å². The van der Waals surface area contributed by atoms with Crippen LogP contribution in [0.1, 0.15) is 40.0 Å². The smallest absolute Gasteiger partial charge is 0.0737 e. The van der Waals surface area contributed by atoms with Gasteiger partial charge in [0.25, 0.3) is 0 Å². The number of aromatic nitrogens is 1. The molecule has 0 bridgehead atoms. The van der Waals surface area contributed by atoms with E-state index in [0.29, 0.717) is 12.1 Å². The second kappa shape index (κ2) is 8.35. The summed E-state index contributed by atoms with van der Waals surface area (Å²) in [6.45, 7) is 7.70. The van der Waals surface area contributed by atoms with Gasteiger partial charge in [0.2, 0.25) is 0 Å². The van der Waals surface area contributed by atoms with Gasteiger partial charge in [0, 0.05) is 34.4 Å². The van der Waals surface area contributed by atoms with Crippen molar-refractivity contribution in [1.82, 2.24) is 10.3 Å². The van der Waals surface area contributed by atoms with Gasteiger partial charge in [-0.2, -0.15) is 0 Å². The Kier molecular flexibility index (Phi) is 6.47. The predicted octanol–water partition coefficient (Wildman–Crippen LogP) is 4.86. The number of fused-ring (bicyclic) bond motifs is 1. The SMILES string of the molecule is CC(C)NCCCC[C@H](C)Nc1ccnc2cc(Cl)ccc12. The van der Waals surface area contributed by atoms with Crippen molar-refractivity contribution in [2.75, 3.05) is 11.9 Å². The number of nitrogens with one attached hydrogen (secondary N) is 2. The molecule has 0 saturated carbocycles. The van der Waals surface area contributed by atoms with Crippen molar-refractivity contribution in [3.8, 4) is 0 Å². The van der Waals surface area contributed by atoms with Gasteiger partial charge in [0.05, 0.1) is 5.52 Å². The van der Waals surface area contributed by atoms with Gasteiger partial charge in [0.1, 0.15) is 0 Å². The summed E-state index contributed by atoms with van der Waals surface area (Å²) >= 11 is 6.03. The largest absolute Gasteiger partial charge is 0.382 e. The van der Waals surface area contributed by atoms with Crippen LogP contribution < -0.4 is 10.6 Å². The Morgan fingerprint density at radius 3 is 2.73 bits per heavy atom. The summed E-state index contributed by atoms with van der Waals surface area (Å²) in [5.74, 6) is 0. The van der Waals surface area contributed by atoms with Crippen LogP contribution in [0.3, 0.4) is 0 Å². The molecule has 0 aliphatic heterocycles. The molecule has 2 N–H and O–H groups in total. The molecule has 2 rings (SSSR count). The zero-order valence-corrected chi connectivity index (χ0v) is 14.5. The van der Waals surface area contributed by atoms with Crippen LogP contribution in [-0.4, -0.2) is 23.6 Å². The van der Waals surface area contributed by atoms with E-state index in [4.69, 9.17) is 11.6 Å². The number of pyridine rings is 1. The number of anilines is 1. The van der Waals surface area contributed by atoms with Crippen LogP contribution in [0, 0.1) is 0 Å². The van der Waals surface area contributed by atoms with E-state index in [9.17, 15) is 0 Å². The molecular formula is C18H26ClN3. The van der Waals surface area contributed by atoms with E-state index in [-0.39, 0.29) is 0 Å². The van der Waals surface area contributed by atoms with Gasteiger partial charge in [-0.3, -0.25) is 4.98 Å². The zero-order valence-electron chi connectivity index (χ0n) is 13.7. The number of nitrogens with zero attached hydrogens (tertiary/aromatic N) is 1. The highest BCUT2D eigenvalue weighted by molar-refractivity contribution is 6.31. The van der Waals surface area contributed by atoms with Gasteiger partial charge in [0.15, 0.2) is 0 Å². The average Bonchev–Trinajstić information content (AvgIpc) is 2.46. The summed E-state index contributed by atoms with van der Waals surface area (Å²) in [7, 11) is 0. The lowest BCUT2D eigenvalue weighted by atomic mass is 10.1. The summed E-state index contributed by atoms with van der Waals surface area (Å²) in [6.07, 6.45) is 5.44. The minimum absolute atomic E-state index is 0.445. The summed E-state index contributed by atoms with van der Waals surface area (Å²) in [6, 6.07) is 8.91. The van der Waals surface area contributed by atoms with Crippen LogP contribution in [0.4, 0.5) is 5.69 Å². The molecule has 0 fully saturated rings. The molecule has 0 aliphatic carbocycles. The molecule has 0 spiro atoms. The zero-order chi connectivity index (χ0) is 15.9. The summed E-state index contributed by atoms with van der Waals surface area (Å²) in [4.78, 5) is 4.38. The lowest BCUT2D eigenvalue weighted by Crippen LogP contribution is -2.24. The van der Waals surface area contributed by atoms with E-state index in [2.05, 4.69) is 36.4 Å². The molecule has 22 heavy (non-hydrogen) atoms. The van der Waals surface area contributed by atoms with Gasteiger partial charge >= 0.3 is 0 Å². The van der Waals surface area contributed by atoms with E-state index >= 15 is 0 Å². The van der Waals surface area contributed by atoms with Gasteiger partial charge in [-0.1, -0.05) is 31.9 Å². The fraction of sp³-hybridized carbons (Fsp3) is 0.500. The fourth-order valence-corrected chi connectivity index (χ4v) is 2.72. The Labute approximate surface area is 138 Å². The highest BCUT2D eigenvalue weighted by Crippen LogP contribution is 2.25. The molecule has 0 unspecified atom stereocenters. The molecule has 3 nitrogen and oxygen atoms in total. The summed E-state index contributed by atoms with van der Waals surface area (Å²) in [5.41, 5.74) is 2.07. The number of benzene rings is 1. The lowest BCUT2D eigenvalue weighted by Gasteiger charge is -2.17. The van der Waals surface area contributed by atoms with Crippen molar-refractivity contribution >= 4 is 28.2 Å². The maximum absolute atomic E-state index is 6.03. The van der Waals surface area contributed by atoms with Crippen LogP contribution in [0.15, 0.2) is 30.5 Å². The molecule has 1 atom stereocenters. The van der Waals surface area contributed by atoms with E-state index in [1.54, 1.807) is 0 Å². The second-order valence-electron chi connectivity index (χ2n) is 6.17. The topological polar surface area (TPSA) is 37.0 Å². The minimum atomic E-state index is 0.445. The van der Waals surface area contributed by atoms with Crippen molar-refractivity contribution in [3.05, 3.63) is 35.5 Å². The molecule has 1 aromatic carbocycles. The molecule has 0 aliphatic rings. The Morgan fingerprint density at radius 1 is 1.14 bits per heavy atom. The Bertz CT molecular complexity index is 598. The van der Waals surface area contributed by atoms with Gasteiger partial charge in [-0.25, -0.2) is 0 Å². The maximum atomic E-state index is 6.03. The van der Waals surface area contributed by atoms with Crippen molar-refractivity contribution < 1.29 is 0 Å². The number of hydrogen-bond acceptors (Lipinski definition) is 3. The molecule has 4 heteroatoms. The van der Waals surface area contributed by atoms with Crippen LogP contribution in [0.25, 0.3) is 10.9 Å². The first-order valence-electron chi connectivity index (χ1n) is 8.10. The first kappa shape index (κ1) is 17.0. The van der Waals surface area contributed by atoms with E-state index in [1.807, 2.05) is 30.5 Å². The van der Waals surface area contributed by atoms with Crippen molar-refractivity contribution in [2.45, 2.75) is 52.1 Å². The third kappa shape index (κ3) is 5.15. The van der Waals surface area contributed by atoms with Gasteiger partial charge in [-0.05, 0) is 50.6 Å². The molecule has 120 valence electrons. The number of unbranched alkanes of at least 4 members (excludes halogenated alkanes) is 1. The van der Waals surface area contributed by atoms with Crippen molar-refractivity contribution in [2.24, 2.45) is 0 Å². The first-order chi connectivity index (χ1) is 10.6. The quantitative estimate of drug-likeness (QED) is 0.682. The van der Waals surface area contributed by atoms with E-state index in [1.165, 1.54) is 12.8 Å². The van der Waals surface area contributed by atoms with Crippen LogP contribution in [0.5, 0.6) is 0 Å². The molecule has 2 aromatic rings. The van der Waals surface area contributed by atoms with Crippen molar-refractivity contribution in [3.63, 3.8) is 0 Å². The lowest BCUT2D eigenvalue weighted by molar-refractivity contribution is 0.537.